The van der Waals surface area contributed by atoms with E-state index in [0.717, 1.165) is 18.8 Å². The first kappa shape index (κ1) is 15.8. The molecule has 2 aromatic rings. The number of hydrogen-bond acceptors (Lipinski definition) is 3. The van der Waals surface area contributed by atoms with Gasteiger partial charge >= 0.3 is 5.97 Å². The predicted molar refractivity (Wildman–Crippen MR) is 89.9 cm³/mol. The first-order valence-corrected chi connectivity index (χ1v) is 8.40. The van der Waals surface area contributed by atoms with Crippen molar-refractivity contribution in [3.63, 3.8) is 0 Å². The second-order valence-corrected chi connectivity index (χ2v) is 7.81. The minimum absolute atomic E-state index is 0.0607. The van der Waals surface area contributed by atoms with E-state index in [9.17, 15) is 4.79 Å². The van der Waals surface area contributed by atoms with E-state index in [-0.39, 0.29) is 6.54 Å². The Balaban J connectivity index is 2.23. The van der Waals surface area contributed by atoms with Crippen LogP contribution in [0.2, 0.25) is 5.02 Å². The normalized spacial score (nSPS) is 10.6. The Hall–Kier alpha value is -0.560. The molecule has 3 nitrogen and oxygen atoms in total. The molecule has 0 radical (unpaired) electrons. The molecule has 106 valence electrons. The third-order valence-corrected chi connectivity index (χ3v) is 6.05. The van der Waals surface area contributed by atoms with Crippen molar-refractivity contribution in [2.45, 2.75) is 6.54 Å². The average molecular weight is 440 g/mol. The van der Waals surface area contributed by atoms with E-state index in [2.05, 4.69) is 31.9 Å². The first-order chi connectivity index (χ1) is 9.45. The summed E-state index contributed by atoms with van der Waals surface area (Å²) in [5.41, 5.74) is 0.831. The largest absolute Gasteiger partial charge is 0.480 e. The zero-order valence-corrected chi connectivity index (χ0v) is 14.9. The van der Waals surface area contributed by atoms with Crippen LogP contribution >= 0.6 is 54.8 Å². The van der Waals surface area contributed by atoms with Gasteiger partial charge in [-0.1, -0.05) is 11.6 Å². The maximum atomic E-state index is 11.0. The summed E-state index contributed by atoms with van der Waals surface area (Å²) in [5.74, 6) is -0.866. The number of thiophene rings is 1. The minimum atomic E-state index is -0.866. The van der Waals surface area contributed by atoms with Gasteiger partial charge in [-0.25, -0.2) is 0 Å². The number of anilines is 1. The van der Waals surface area contributed by atoms with Gasteiger partial charge in [0.05, 0.1) is 10.3 Å². The molecule has 0 aliphatic rings. The highest BCUT2D eigenvalue weighted by atomic mass is 79.9. The van der Waals surface area contributed by atoms with Crippen molar-refractivity contribution in [3.05, 3.63) is 48.5 Å². The van der Waals surface area contributed by atoms with Crippen LogP contribution in [0.25, 0.3) is 0 Å². The van der Waals surface area contributed by atoms with Crippen molar-refractivity contribution >= 4 is 66.5 Å². The number of halogens is 3. The van der Waals surface area contributed by atoms with Crippen LogP contribution in [-0.4, -0.2) is 17.6 Å². The Kier molecular flexibility index (Phi) is 5.49. The van der Waals surface area contributed by atoms with Gasteiger partial charge in [-0.15, -0.1) is 11.3 Å². The molecule has 0 saturated heterocycles. The maximum absolute atomic E-state index is 11.0. The summed E-state index contributed by atoms with van der Waals surface area (Å²) in [6.07, 6.45) is 0. The van der Waals surface area contributed by atoms with Gasteiger partial charge < -0.3 is 10.0 Å². The minimum Gasteiger partial charge on any atom is -0.480 e. The van der Waals surface area contributed by atoms with E-state index in [4.69, 9.17) is 16.7 Å². The summed E-state index contributed by atoms with van der Waals surface area (Å²) in [7, 11) is 0. The van der Waals surface area contributed by atoms with Gasteiger partial charge in [0.1, 0.15) is 6.54 Å². The number of nitrogens with zero attached hydrogens (tertiary/aromatic N) is 1. The standard InChI is InChI=1S/C13H10Br2ClNO2S/c14-11-5-10(20-13(11)15)6-17(7-12(18)19)9-3-1-8(16)2-4-9/h1-5H,6-7H2,(H,18,19). The molecule has 2 rings (SSSR count). The Morgan fingerprint density at radius 2 is 1.95 bits per heavy atom. The molecule has 20 heavy (non-hydrogen) atoms. The fourth-order valence-corrected chi connectivity index (χ4v) is 4.03. The number of benzene rings is 1. The fourth-order valence-electron chi connectivity index (χ4n) is 1.71. The van der Waals surface area contributed by atoms with E-state index in [1.54, 1.807) is 28.4 Å². The SMILES string of the molecule is O=C(O)CN(Cc1cc(Br)c(Br)s1)c1ccc(Cl)cc1. The van der Waals surface area contributed by atoms with E-state index >= 15 is 0 Å². The molecule has 0 fully saturated rings. The van der Waals surface area contributed by atoms with Crippen molar-refractivity contribution in [2.75, 3.05) is 11.4 Å². The number of carbonyl (C=O) groups is 1. The quantitative estimate of drug-likeness (QED) is 0.711. The Morgan fingerprint density at radius 1 is 1.30 bits per heavy atom. The van der Waals surface area contributed by atoms with Gasteiger partial charge in [0.15, 0.2) is 0 Å². The van der Waals surface area contributed by atoms with E-state index in [1.165, 1.54) is 0 Å². The monoisotopic (exact) mass is 437 g/mol. The molecule has 0 aliphatic heterocycles. The third-order valence-electron chi connectivity index (χ3n) is 2.56. The van der Waals surface area contributed by atoms with Crippen molar-refractivity contribution in [1.82, 2.24) is 0 Å². The topological polar surface area (TPSA) is 40.5 Å². The van der Waals surface area contributed by atoms with Crippen molar-refractivity contribution < 1.29 is 9.90 Å². The highest BCUT2D eigenvalue weighted by Crippen LogP contribution is 2.33. The van der Waals surface area contributed by atoms with Crippen LogP contribution in [0.15, 0.2) is 38.6 Å². The van der Waals surface area contributed by atoms with Crippen molar-refractivity contribution in [1.29, 1.82) is 0 Å². The molecular formula is C13H10Br2ClNO2S. The zero-order chi connectivity index (χ0) is 14.7. The summed E-state index contributed by atoms with van der Waals surface area (Å²) < 4.78 is 1.97. The number of rotatable bonds is 5. The average Bonchev–Trinajstić information content (AvgIpc) is 2.68. The molecule has 0 atom stereocenters. The molecule has 0 bridgehead atoms. The van der Waals surface area contributed by atoms with Gasteiger partial charge in [0, 0.05) is 20.1 Å². The lowest BCUT2D eigenvalue weighted by molar-refractivity contribution is -0.135. The van der Waals surface area contributed by atoms with Crippen LogP contribution < -0.4 is 4.90 Å². The maximum Gasteiger partial charge on any atom is 0.323 e. The highest BCUT2D eigenvalue weighted by molar-refractivity contribution is 9.13. The van der Waals surface area contributed by atoms with Gasteiger partial charge in [-0.05, 0) is 62.2 Å². The van der Waals surface area contributed by atoms with Crippen LogP contribution in [0.5, 0.6) is 0 Å². The van der Waals surface area contributed by atoms with Gasteiger partial charge in [-0.2, -0.15) is 0 Å². The van der Waals surface area contributed by atoms with E-state index in [0.29, 0.717) is 11.6 Å². The molecule has 7 heteroatoms. The van der Waals surface area contributed by atoms with Crippen LogP contribution in [0, 0.1) is 0 Å². The molecule has 0 amide bonds. The van der Waals surface area contributed by atoms with E-state index in [1.807, 2.05) is 18.2 Å². The molecule has 0 spiro atoms. The first-order valence-electron chi connectivity index (χ1n) is 5.61. The molecule has 0 saturated carbocycles. The summed E-state index contributed by atoms with van der Waals surface area (Å²) in [6.45, 7) is 0.470. The Labute approximate surface area is 142 Å². The van der Waals surface area contributed by atoms with Gasteiger partial charge in [0.25, 0.3) is 0 Å². The number of carboxylic acids is 1. The lowest BCUT2D eigenvalue weighted by atomic mass is 10.2. The molecule has 0 aliphatic carbocycles. The van der Waals surface area contributed by atoms with E-state index < -0.39 is 5.97 Å². The summed E-state index contributed by atoms with van der Waals surface area (Å²) in [5, 5.41) is 9.68. The molecule has 1 N–H and O–H groups in total. The van der Waals surface area contributed by atoms with Crippen molar-refractivity contribution in [3.8, 4) is 0 Å². The summed E-state index contributed by atoms with van der Waals surface area (Å²) >= 11 is 14.3. The Morgan fingerprint density at radius 3 is 2.45 bits per heavy atom. The molecule has 1 heterocycles. The van der Waals surface area contributed by atoms with Crippen LogP contribution in [0.3, 0.4) is 0 Å². The van der Waals surface area contributed by atoms with Gasteiger partial charge in [-0.3, -0.25) is 4.79 Å². The molecule has 0 unspecified atom stereocenters. The third kappa shape index (κ3) is 4.22. The lowest BCUT2D eigenvalue weighted by Crippen LogP contribution is -2.28. The summed E-state index contributed by atoms with van der Waals surface area (Å²) in [6, 6.07) is 9.14. The molecule has 1 aromatic heterocycles. The number of aliphatic carboxylic acids is 1. The number of carboxylic acid groups (broad SMARTS) is 1. The lowest BCUT2D eigenvalue weighted by Gasteiger charge is -2.22. The molecular weight excluding hydrogens is 429 g/mol. The fraction of sp³-hybridized carbons (Fsp3) is 0.154. The van der Waals surface area contributed by atoms with Crippen molar-refractivity contribution in [2.24, 2.45) is 0 Å². The second-order valence-electron chi connectivity index (χ2n) is 4.06. The van der Waals surface area contributed by atoms with Crippen LogP contribution in [0.4, 0.5) is 5.69 Å². The highest BCUT2D eigenvalue weighted by Gasteiger charge is 2.14. The predicted octanol–water partition coefficient (Wildman–Crippen LogP) is 5.02. The summed E-state index contributed by atoms with van der Waals surface area (Å²) in [4.78, 5) is 13.9. The number of hydrogen-bond donors (Lipinski definition) is 1. The zero-order valence-electron chi connectivity index (χ0n) is 10.1. The Bertz CT molecular complexity index is 596. The smallest absolute Gasteiger partial charge is 0.323 e. The van der Waals surface area contributed by atoms with Crippen LogP contribution in [0.1, 0.15) is 4.88 Å². The second kappa shape index (κ2) is 6.93. The van der Waals surface area contributed by atoms with Crippen LogP contribution in [-0.2, 0) is 11.3 Å². The molecule has 1 aromatic carbocycles. The van der Waals surface area contributed by atoms with Gasteiger partial charge in [0.2, 0.25) is 0 Å².